The molecule has 300 valence electrons. The van der Waals surface area contributed by atoms with Crippen molar-refractivity contribution in [2.45, 2.75) is 89.0 Å². The fourth-order valence-electron chi connectivity index (χ4n) is 8.86. The van der Waals surface area contributed by atoms with Gasteiger partial charge < -0.3 is 49.6 Å². The number of carbonyl (C=O) groups is 2. The number of carboxylic acid groups (broad SMARTS) is 1. The highest BCUT2D eigenvalue weighted by Crippen LogP contribution is 2.51. The van der Waals surface area contributed by atoms with Gasteiger partial charge in [-0.25, -0.2) is 4.79 Å². The van der Waals surface area contributed by atoms with Gasteiger partial charge in [0.2, 0.25) is 6.29 Å². The minimum absolute atomic E-state index is 0.0411. The Balaban J connectivity index is 1.29. The predicted octanol–water partition coefficient (Wildman–Crippen LogP) is 5.50. The van der Waals surface area contributed by atoms with Crippen LogP contribution >= 0.6 is 21.6 Å². The second-order valence-electron chi connectivity index (χ2n) is 15.2. The molecular formula is C41H52O12S2. The zero-order chi connectivity index (χ0) is 39.3. The van der Waals surface area contributed by atoms with Gasteiger partial charge in [-0.05, 0) is 85.9 Å². The van der Waals surface area contributed by atoms with E-state index in [1.165, 1.54) is 22.9 Å². The molecule has 14 heteroatoms. The Bertz CT molecular complexity index is 1810. The third-order valence-corrected chi connectivity index (χ3v) is 14.0. The SMILES string of the molecule is Cc1cc2cc(C(=O)O)cc(O[C@H]3O[C@H](CO)[C@@]4(CC[C@H](C)[C@H]5CCOC[C@]5(CCCO)CSSCO4)[C@H](O)[C@H]3O)c2c(O)c1C(=O)CCc1ccccc1. The van der Waals surface area contributed by atoms with Gasteiger partial charge >= 0.3 is 5.97 Å². The van der Waals surface area contributed by atoms with Crippen LogP contribution in [0.15, 0.2) is 48.5 Å². The monoisotopic (exact) mass is 800 g/mol. The molecule has 0 aromatic heterocycles. The van der Waals surface area contributed by atoms with Gasteiger partial charge in [-0.2, -0.15) is 0 Å². The van der Waals surface area contributed by atoms with E-state index in [-0.39, 0.29) is 76.1 Å². The smallest absolute Gasteiger partial charge is 0.335 e. The summed E-state index contributed by atoms with van der Waals surface area (Å²) in [5.74, 6) is -0.852. The Morgan fingerprint density at radius 2 is 1.84 bits per heavy atom. The highest BCUT2D eigenvalue weighted by atomic mass is 33.1. The highest BCUT2D eigenvalue weighted by molar-refractivity contribution is 8.76. The second kappa shape index (κ2) is 18.1. The molecule has 0 amide bonds. The highest BCUT2D eigenvalue weighted by Gasteiger charge is 2.58. The number of ketones is 1. The average Bonchev–Trinajstić information content (AvgIpc) is 3.20. The van der Waals surface area contributed by atoms with E-state index in [0.29, 0.717) is 38.0 Å². The molecule has 1 spiro atoms. The molecule has 3 aliphatic heterocycles. The number of hydrogen-bond donors (Lipinski definition) is 6. The molecule has 6 N–H and O–H groups in total. The molecule has 0 bridgehead atoms. The number of phenols is 1. The minimum atomic E-state index is -1.73. The maximum absolute atomic E-state index is 13.6. The number of aliphatic hydroxyl groups excluding tert-OH is 4. The number of aromatic carboxylic acids is 1. The van der Waals surface area contributed by atoms with Gasteiger partial charge in [-0.15, -0.1) is 0 Å². The van der Waals surface area contributed by atoms with Gasteiger partial charge in [0.15, 0.2) is 5.78 Å². The summed E-state index contributed by atoms with van der Waals surface area (Å²) in [4.78, 5) is 25.8. The molecule has 3 aromatic rings. The number of aryl methyl sites for hydroxylation is 2. The van der Waals surface area contributed by atoms with E-state index < -0.39 is 48.5 Å². The third-order valence-electron chi connectivity index (χ3n) is 11.8. The Morgan fingerprint density at radius 1 is 1.05 bits per heavy atom. The van der Waals surface area contributed by atoms with Crippen LogP contribution < -0.4 is 4.74 Å². The Labute approximate surface area is 328 Å². The molecule has 0 unspecified atom stereocenters. The number of hydrogen-bond acceptors (Lipinski definition) is 13. The Morgan fingerprint density at radius 3 is 2.56 bits per heavy atom. The summed E-state index contributed by atoms with van der Waals surface area (Å²) in [5, 5.41) is 66.1. The van der Waals surface area contributed by atoms with Crippen molar-refractivity contribution in [3.8, 4) is 11.5 Å². The number of aliphatic hydroxyl groups is 4. The van der Waals surface area contributed by atoms with Gasteiger partial charge in [-0.1, -0.05) is 64.9 Å². The summed E-state index contributed by atoms with van der Waals surface area (Å²) in [6, 6.07) is 13.6. The first-order valence-electron chi connectivity index (χ1n) is 18.9. The van der Waals surface area contributed by atoms with E-state index in [2.05, 4.69) is 6.92 Å². The average molecular weight is 801 g/mol. The largest absolute Gasteiger partial charge is 0.506 e. The van der Waals surface area contributed by atoms with Crippen LogP contribution in [0.5, 0.6) is 11.5 Å². The van der Waals surface area contributed by atoms with Crippen LogP contribution in [-0.4, -0.2) is 111 Å². The van der Waals surface area contributed by atoms with E-state index in [1.807, 2.05) is 30.3 Å². The molecule has 0 radical (unpaired) electrons. The summed E-state index contributed by atoms with van der Waals surface area (Å²) < 4.78 is 24.8. The summed E-state index contributed by atoms with van der Waals surface area (Å²) in [6.07, 6.45) is -2.40. The summed E-state index contributed by atoms with van der Waals surface area (Å²) in [7, 11) is 3.09. The number of fused-ring (bicyclic) bond motifs is 2. The fourth-order valence-corrected chi connectivity index (χ4v) is 11.3. The minimum Gasteiger partial charge on any atom is -0.506 e. The zero-order valence-corrected chi connectivity index (χ0v) is 32.9. The van der Waals surface area contributed by atoms with Crippen molar-refractivity contribution in [2.75, 3.05) is 38.1 Å². The van der Waals surface area contributed by atoms with Crippen molar-refractivity contribution in [2.24, 2.45) is 17.3 Å². The number of carboxylic acids is 1. The first kappa shape index (κ1) is 41.7. The van der Waals surface area contributed by atoms with Crippen LogP contribution in [0.1, 0.15) is 77.3 Å². The lowest BCUT2D eigenvalue weighted by Gasteiger charge is -2.51. The zero-order valence-electron chi connectivity index (χ0n) is 31.2. The van der Waals surface area contributed by atoms with Crippen molar-refractivity contribution >= 4 is 44.1 Å². The summed E-state index contributed by atoms with van der Waals surface area (Å²) >= 11 is 0. The van der Waals surface area contributed by atoms with E-state index in [1.54, 1.807) is 23.8 Å². The van der Waals surface area contributed by atoms with Gasteiger partial charge in [0.25, 0.3) is 0 Å². The molecule has 55 heavy (non-hydrogen) atoms. The number of Topliss-reactive ketones (excluding diaryl/α,β-unsaturated/α-hetero) is 1. The third kappa shape index (κ3) is 8.68. The van der Waals surface area contributed by atoms with Crippen LogP contribution in [0.4, 0.5) is 0 Å². The number of phenolic OH excluding ortho intramolecular Hbond substituents is 1. The normalized spacial score (nSPS) is 30.4. The fraction of sp³-hybridized carbons (Fsp3) is 0.561. The second-order valence-corrected chi connectivity index (χ2v) is 17.6. The molecule has 3 heterocycles. The number of benzene rings is 3. The lowest BCUT2D eigenvalue weighted by Crippen LogP contribution is -2.69. The molecular weight excluding hydrogens is 749 g/mol. The summed E-state index contributed by atoms with van der Waals surface area (Å²) in [5.41, 5.74) is -0.377. The number of aromatic hydroxyl groups is 1. The Kier molecular flexibility index (Phi) is 13.7. The molecule has 3 aromatic carbocycles. The van der Waals surface area contributed by atoms with E-state index in [0.717, 1.165) is 24.2 Å². The molecule has 3 saturated heterocycles. The van der Waals surface area contributed by atoms with Crippen molar-refractivity contribution in [1.29, 1.82) is 0 Å². The van der Waals surface area contributed by atoms with Gasteiger partial charge in [-0.3, -0.25) is 4.79 Å². The summed E-state index contributed by atoms with van der Waals surface area (Å²) in [6.45, 7) is 4.56. The molecule has 3 fully saturated rings. The van der Waals surface area contributed by atoms with Crippen LogP contribution in [0, 0.1) is 24.2 Å². The van der Waals surface area contributed by atoms with Gasteiger partial charge in [0.05, 0.1) is 29.7 Å². The van der Waals surface area contributed by atoms with Crippen molar-refractivity contribution < 1.29 is 59.2 Å². The molecule has 0 saturated carbocycles. The molecule has 0 aliphatic carbocycles. The Hall–Kier alpha value is -2.92. The molecule has 12 nitrogen and oxygen atoms in total. The van der Waals surface area contributed by atoms with E-state index >= 15 is 0 Å². The first-order chi connectivity index (χ1) is 26.4. The number of ether oxygens (including phenoxy) is 4. The molecule has 3 aliphatic rings. The van der Waals surface area contributed by atoms with Crippen molar-refractivity contribution in [3.05, 3.63) is 70.8 Å². The predicted molar refractivity (Wildman–Crippen MR) is 210 cm³/mol. The number of rotatable bonds is 11. The van der Waals surface area contributed by atoms with Crippen molar-refractivity contribution in [3.63, 3.8) is 0 Å². The standard InChI is InChI=1S/C41H52O12S2/c1-24-11-14-41(51-23-55-54-22-40(13-6-15-42)21-50-16-12-29(24)40)32(20-43)53-39(36(46)37(41)47)52-31-19-28(38(48)49)18-27-17-25(2)33(35(45)34(27)31)30(44)10-9-26-7-4-3-5-8-26/h3-5,7-8,17-19,24,29,32,36-37,39,42-43,45-47H,6,9-16,20-23H2,1-2H3,(H,48,49)/t24-,29+,32+,36+,37+,39-,40+,41-/m0/s1. The van der Waals surface area contributed by atoms with Gasteiger partial charge in [0.1, 0.15) is 41.4 Å². The first-order valence-corrected chi connectivity index (χ1v) is 21.4. The van der Waals surface area contributed by atoms with Crippen LogP contribution in [0.3, 0.4) is 0 Å². The number of carbonyl (C=O) groups excluding carboxylic acids is 1. The molecule has 8 atom stereocenters. The maximum atomic E-state index is 13.6. The van der Waals surface area contributed by atoms with E-state index in [9.17, 15) is 40.2 Å². The van der Waals surface area contributed by atoms with Crippen LogP contribution in [0.25, 0.3) is 10.8 Å². The molecule has 6 rings (SSSR count). The maximum Gasteiger partial charge on any atom is 0.335 e. The van der Waals surface area contributed by atoms with E-state index in [4.69, 9.17) is 18.9 Å². The topological polar surface area (TPSA) is 192 Å². The van der Waals surface area contributed by atoms with Crippen molar-refractivity contribution in [1.82, 2.24) is 0 Å². The van der Waals surface area contributed by atoms with Gasteiger partial charge in [0, 0.05) is 30.8 Å². The lowest BCUT2D eigenvalue weighted by molar-refractivity contribution is -0.322. The van der Waals surface area contributed by atoms with Crippen LogP contribution in [0.2, 0.25) is 0 Å². The lowest BCUT2D eigenvalue weighted by atomic mass is 9.64. The van der Waals surface area contributed by atoms with Crippen LogP contribution in [-0.2, 0) is 20.6 Å². The quantitative estimate of drug-likeness (QED) is 0.105.